The Balaban J connectivity index is 2.21. The number of nitrogens with zero attached hydrogens (tertiary/aromatic N) is 4. The minimum absolute atomic E-state index is 0.107. The van der Waals surface area contributed by atoms with Gasteiger partial charge in [-0.15, -0.1) is 0 Å². The number of hydrogen-bond donors (Lipinski definition) is 1. The van der Waals surface area contributed by atoms with Crippen LogP contribution in [-0.2, 0) is 24.0 Å². The maximum Gasteiger partial charge on any atom is 0.425 e. The molecule has 130 valence electrons. The fourth-order valence-corrected chi connectivity index (χ4v) is 2.27. The molecular weight excluding hydrogens is 325 g/mol. The zero-order valence-corrected chi connectivity index (χ0v) is 13.2. The van der Waals surface area contributed by atoms with E-state index in [2.05, 4.69) is 9.97 Å². The first-order chi connectivity index (χ1) is 11.1. The number of aliphatic hydroxyl groups is 1. The molecule has 0 aliphatic carbocycles. The number of carbonyl (C=O) groups excluding carboxylic acids is 1. The third kappa shape index (κ3) is 3.56. The number of hydrogen-bond acceptors (Lipinski definition) is 4. The molecule has 1 N–H and O–H groups in total. The van der Waals surface area contributed by atoms with Gasteiger partial charge >= 0.3 is 6.18 Å². The van der Waals surface area contributed by atoms with Crippen LogP contribution in [0.3, 0.4) is 0 Å². The summed E-state index contributed by atoms with van der Waals surface area (Å²) in [7, 11) is 2.70. The van der Waals surface area contributed by atoms with Crippen molar-refractivity contribution in [3.8, 4) is 0 Å². The predicted molar refractivity (Wildman–Crippen MR) is 78.5 cm³/mol. The van der Waals surface area contributed by atoms with Gasteiger partial charge in [0.1, 0.15) is 0 Å². The summed E-state index contributed by atoms with van der Waals surface area (Å²) in [6, 6.07) is 3.30. The lowest BCUT2D eigenvalue weighted by Gasteiger charge is -2.31. The van der Waals surface area contributed by atoms with Crippen LogP contribution in [0.2, 0.25) is 0 Å². The van der Waals surface area contributed by atoms with Crippen molar-refractivity contribution in [3.63, 3.8) is 0 Å². The lowest BCUT2D eigenvalue weighted by molar-refractivity contribution is -0.271. The summed E-state index contributed by atoms with van der Waals surface area (Å²) >= 11 is 0. The Morgan fingerprint density at radius 2 is 1.92 bits per heavy atom. The van der Waals surface area contributed by atoms with Crippen molar-refractivity contribution in [2.75, 3.05) is 7.05 Å². The van der Waals surface area contributed by atoms with E-state index in [0.717, 1.165) is 15.7 Å². The molecule has 9 heteroatoms. The maximum atomic E-state index is 13.4. The van der Waals surface area contributed by atoms with E-state index in [1.807, 2.05) is 0 Å². The second-order valence-electron chi connectivity index (χ2n) is 5.50. The Morgan fingerprint density at radius 3 is 2.42 bits per heavy atom. The van der Waals surface area contributed by atoms with Crippen molar-refractivity contribution < 1.29 is 23.1 Å². The third-order valence-electron chi connectivity index (χ3n) is 3.66. The van der Waals surface area contributed by atoms with Gasteiger partial charge in [-0.3, -0.25) is 9.78 Å². The van der Waals surface area contributed by atoms with Crippen molar-refractivity contribution in [2.45, 2.75) is 24.7 Å². The van der Waals surface area contributed by atoms with E-state index in [9.17, 15) is 23.1 Å². The molecule has 0 radical (unpaired) electrons. The summed E-state index contributed by atoms with van der Waals surface area (Å²) < 4.78 is 41.3. The molecule has 0 bridgehead atoms. The monoisotopic (exact) mass is 342 g/mol. The molecule has 2 aromatic rings. The normalized spacial score (nSPS) is 14.2. The van der Waals surface area contributed by atoms with Crippen LogP contribution in [0.1, 0.15) is 17.8 Å². The molecule has 0 spiro atoms. The number of aryl methyl sites for hydroxylation is 1. The number of halogens is 3. The van der Waals surface area contributed by atoms with E-state index in [0.29, 0.717) is 5.56 Å². The quantitative estimate of drug-likeness (QED) is 0.896. The Hall–Kier alpha value is -2.42. The molecule has 6 nitrogen and oxygen atoms in total. The molecule has 0 saturated heterocycles. The van der Waals surface area contributed by atoms with E-state index in [1.165, 1.54) is 32.7 Å². The molecular formula is C15H17F3N4O2. The molecule has 0 aromatic carbocycles. The molecule has 0 fully saturated rings. The number of amides is 1. The van der Waals surface area contributed by atoms with Crippen LogP contribution in [0, 0.1) is 0 Å². The van der Waals surface area contributed by atoms with Gasteiger partial charge in [-0.25, -0.2) is 4.98 Å². The van der Waals surface area contributed by atoms with Crippen LogP contribution in [0.25, 0.3) is 0 Å². The van der Waals surface area contributed by atoms with Crippen LogP contribution < -0.4 is 0 Å². The largest absolute Gasteiger partial charge is 0.425 e. The smallest absolute Gasteiger partial charge is 0.374 e. The van der Waals surface area contributed by atoms with Gasteiger partial charge in [0.05, 0.1) is 6.42 Å². The summed E-state index contributed by atoms with van der Waals surface area (Å²) in [4.78, 5) is 20.7. The Morgan fingerprint density at radius 1 is 1.29 bits per heavy atom. The van der Waals surface area contributed by atoms with E-state index in [1.54, 1.807) is 12.1 Å². The molecule has 2 aromatic heterocycles. The van der Waals surface area contributed by atoms with Crippen molar-refractivity contribution >= 4 is 5.91 Å². The second-order valence-corrected chi connectivity index (χ2v) is 5.50. The minimum atomic E-state index is -5.04. The van der Waals surface area contributed by atoms with Gasteiger partial charge in [-0.05, 0) is 17.7 Å². The highest BCUT2D eigenvalue weighted by Gasteiger charge is 2.58. The highest BCUT2D eigenvalue weighted by molar-refractivity contribution is 5.77. The number of imidazole rings is 1. The van der Waals surface area contributed by atoms with Gasteiger partial charge in [0.2, 0.25) is 11.5 Å². The van der Waals surface area contributed by atoms with Crippen molar-refractivity contribution in [2.24, 2.45) is 7.05 Å². The van der Waals surface area contributed by atoms with E-state index >= 15 is 0 Å². The van der Waals surface area contributed by atoms with Gasteiger partial charge in [0.25, 0.3) is 0 Å². The van der Waals surface area contributed by atoms with Crippen LogP contribution >= 0.6 is 0 Å². The summed E-state index contributed by atoms with van der Waals surface area (Å²) in [5.74, 6) is -1.48. The number of carbonyl (C=O) groups is 1. The average molecular weight is 342 g/mol. The standard InChI is InChI=1S/C15H17F3N4O2/c1-21-8-7-20-13(21)14(24,15(16,17)18)9-12(23)22(2)10-11-3-5-19-6-4-11/h3-8,24H,9-10H2,1-2H3. The van der Waals surface area contributed by atoms with Crippen molar-refractivity contribution in [1.82, 2.24) is 19.4 Å². The highest BCUT2D eigenvalue weighted by atomic mass is 19.4. The van der Waals surface area contributed by atoms with Crippen LogP contribution in [0.5, 0.6) is 0 Å². The van der Waals surface area contributed by atoms with Gasteiger partial charge in [-0.1, -0.05) is 0 Å². The number of alkyl halides is 3. The Labute approximate surface area is 136 Å². The summed E-state index contributed by atoms with van der Waals surface area (Å²) in [6.45, 7) is 0.107. The van der Waals surface area contributed by atoms with E-state index in [-0.39, 0.29) is 6.54 Å². The lowest BCUT2D eigenvalue weighted by Crippen LogP contribution is -2.48. The second kappa shape index (κ2) is 6.60. The number of aromatic nitrogens is 3. The molecule has 1 unspecified atom stereocenters. The third-order valence-corrected chi connectivity index (χ3v) is 3.66. The topological polar surface area (TPSA) is 71.2 Å². The van der Waals surface area contributed by atoms with E-state index in [4.69, 9.17) is 0 Å². The van der Waals surface area contributed by atoms with Gasteiger partial charge < -0.3 is 14.6 Å². The lowest BCUT2D eigenvalue weighted by atomic mass is 9.96. The first-order valence-corrected chi connectivity index (χ1v) is 7.05. The molecule has 24 heavy (non-hydrogen) atoms. The maximum absolute atomic E-state index is 13.4. The number of rotatable bonds is 5. The van der Waals surface area contributed by atoms with Crippen LogP contribution in [-0.4, -0.2) is 43.7 Å². The average Bonchev–Trinajstić information content (AvgIpc) is 2.93. The first-order valence-electron chi connectivity index (χ1n) is 7.05. The zero-order valence-electron chi connectivity index (χ0n) is 13.2. The molecule has 0 saturated carbocycles. The Kier molecular flexibility index (Phi) is 4.93. The molecule has 0 aliphatic heterocycles. The highest BCUT2D eigenvalue weighted by Crippen LogP contribution is 2.41. The summed E-state index contributed by atoms with van der Waals surface area (Å²) in [5.41, 5.74) is -2.64. The zero-order chi connectivity index (χ0) is 18.0. The summed E-state index contributed by atoms with van der Waals surface area (Å²) in [6.07, 6.45) is -0.738. The number of pyridine rings is 1. The van der Waals surface area contributed by atoms with Gasteiger partial charge in [0, 0.05) is 45.4 Å². The van der Waals surface area contributed by atoms with Crippen LogP contribution in [0.15, 0.2) is 36.9 Å². The fraction of sp³-hybridized carbons (Fsp3) is 0.400. The fourth-order valence-electron chi connectivity index (χ4n) is 2.27. The first kappa shape index (κ1) is 17.9. The SMILES string of the molecule is CN(Cc1ccncc1)C(=O)CC(O)(c1nccn1C)C(F)(F)F. The van der Waals surface area contributed by atoms with Crippen molar-refractivity contribution in [3.05, 3.63) is 48.3 Å². The Bertz CT molecular complexity index is 702. The molecule has 0 aliphatic rings. The predicted octanol–water partition coefficient (Wildman–Crippen LogP) is 1.61. The summed E-state index contributed by atoms with van der Waals surface area (Å²) in [5, 5.41) is 10.2. The minimum Gasteiger partial charge on any atom is -0.374 e. The molecule has 1 amide bonds. The van der Waals surface area contributed by atoms with Gasteiger partial charge in [0.15, 0.2) is 5.82 Å². The molecule has 2 rings (SSSR count). The van der Waals surface area contributed by atoms with Crippen molar-refractivity contribution in [1.29, 1.82) is 0 Å². The molecule has 2 heterocycles. The van der Waals surface area contributed by atoms with Gasteiger partial charge in [-0.2, -0.15) is 13.2 Å². The molecule has 1 atom stereocenters. The van der Waals surface area contributed by atoms with Crippen LogP contribution in [0.4, 0.5) is 13.2 Å². The van der Waals surface area contributed by atoms with E-state index < -0.39 is 29.9 Å².